The first-order valence-corrected chi connectivity index (χ1v) is 11.3. The number of fused-ring (bicyclic) bond motifs is 1. The lowest BCUT2D eigenvalue weighted by Gasteiger charge is -2.12. The minimum atomic E-state index is -4.59. The van der Waals surface area contributed by atoms with Gasteiger partial charge in [0.25, 0.3) is 5.56 Å². The molecule has 0 radical (unpaired) electrons. The fourth-order valence-corrected chi connectivity index (χ4v) is 3.97. The minimum Gasteiger partial charge on any atom is -0.479 e. The van der Waals surface area contributed by atoms with Crippen LogP contribution in [0.4, 0.5) is 13.2 Å². The second kappa shape index (κ2) is 10.6. The molecule has 0 aliphatic carbocycles. The monoisotopic (exact) mass is 549 g/mol. The molecule has 0 spiro atoms. The van der Waals surface area contributed by atoms with Gasteiger partial charge in [0.05, 0.1) is 39.8 Å². The summed E-state index contributed by atoms with van der Waals surface area (Å²) in [7, 11) is 1.20. The number of methoxy groups -OCH3 is 1. The second-order valence-corrected chi connectivity index (χ2v) is 8.39. The molecule has 0 amide bonds. The summed E-state index contributed by atoms with van der Waals surface area (Å²) in [6.45, 7) is -0.415. The number of halogens is 5. The van der Waals surface area contributed by atoms with Gasteiger partial charge in [0.2, 0.25) is 0 Å². The van der Waals surface area contributed by atoms with Crippen molar-refractivity contribution in [2.24, 2.45) is 5.10 Å². The van der Waals surface area contributed by atoms with Crippen molar-refractivity contribution in [1.82, 2.24) is 9.66 Å². The molecule has 4 rings (SSSR count). The van der Waals surface area contributed by atoms with Crippen LogP contribution in [0.25, 0.3) is 22.3 Å². The molecule has 7 nitrogen and oxygen atoms in total. The summed E-state index contributed by atoms with van der Waals surface area (Å²) in [5, 5.41) is 4.53. The normalized spacial score (nSPS) is 11.7. The first-order chi connectivity index (χ1) is 17.6. The summed E-state index contributed by atoms with van der Waals surface area (Å²) in [4.78, 5) is 29.0. The summed E-state index contributed by atoms with van der Waals surface area (Å²) >= 11 is 12.5. The van der Waals surface area contributed by atoms with Gasteiger partial charge in [0, 0.05) is 5.56 Å². The number of benzene rings is 3. The number of hydrogen-bond acceptors (Lipinski definition) is 6. The fraction of sp³-hybridized carbons (Fsp3) is 0.120. The smallest absolute Gasteiger partial charge is 0.416 e. The lowest BCUT2D eigenvalue weighted by molar-refractivity contribution is -0.143. The van der Waals surface area contributed by atoms with Crippen LogP contribution in [0.5, 0.6) is 5.75 Å². The average molecular weight is 550 g/mol. The number of esters is 1. The van der Waals surface area contributed by atoms with Crippen molar-refractivity contribution < 1.29 is 27.4 Å². The molecule has 37 heavy (non-hydrogen) atoms. The lowest BCUT2D eigenvalue weighted by Crippen LogP contribution is -2.20. The average Bonchev–Trinajstić information content (AvgIpc) is 2.87. The minimum absolute atomic E-state index is 0.0393. The Morgan fingerprint density at radius 2 is 1.78 bits per heavy atom. The number of nitrogens with zero attached hydrogens (tertiary/aromatic N) is 3. The highest BCUT2D eigenvalue weighted by molar-refractivity contribution is 6.37. The number of carbonyl (C=O) groups excluding carboxylic acids is 1. The molecular weight excluding hydrogens is 534 g/mol. The molecule has 0 atom stereocenters. The zero-order valence-corrected chi connectivity index (χ0v) is 20.4. The third-order valence-electron chi connectivity index (χ3n) is 5.11. The maximum absolute atomic E-state index is 13.3. The molecule has 4 aromatic rings. The number of alkyl halides is 3. The van der Waals surface area contributed by atoms with Gasteiger partial charge in [-0.2, -0.15) is 22.9 Å². The van der Waals surface area contributed by atoms with Crippen molar-refractivity contribution in [2.45, 2.75) is 6.18 Å². The summed E-state index contributed by atoms with van der Waals surface area (Å²) in [6, 6.07) is 13.7. The topological polar surface area (TPSA) is 82.8 Å². The van der Waals surface area contributed by atoms with Crippen LogP contribution in [0.3, 0.4) is 0 Å². The maximum Gasteiger partial charge on any atom is 0.416 e. The number of para-hydroxylation sites is 1. The van der Waals surface area contributed by atoms with Crippen molar-refractivity contribution in [1.29, 1.82) is 0 Å². The lowest BCUT2D eigenvalue weighted by atomic mass is 10.1. The van der Waals surface area contributed by atoms with E-state index in [1.165, 1.54) is 43.7 Å². The Labute approximate surface area is 217 Å². The van der Waals surface area contributed by atoms with E-state index >= 15 is 0 Å². The molecule has 1 aromatic heterocycles. The Morgan fingerprint density at radius 3 is 2.46 bits per heavy atom. The van der Waals surface area contributed by atoms with Crippen molar-refractivity contribution >= 4 is 46.3 Å². The van der Waals surface area contributed by atoms with Crippen LogP contribution in [0.1, 0.15) is 11.1 Å². The van der Waals surface area contributed by atoms with Gasteiger partial charge in [-0.15, -0.1) is 0 Å². The summed E-state index contributed by atoms with van der Waals surface area (Å²) in [5.41, 5.74) is -0.814. The molecule has 12 heteroatoms. The first kappa shape index (κ1) is 26.2. The predicted molar refractivity (Wildman–Crippen MR) is 133 cm³/mol. The summed E-state index contributed by atoms with van der Waals surface area (Å²) < 4.78 is 50.7. The Morgan fingerprint density at radius 1 is 1.08 bits per heavy atom. The van der Waals surface area contributed by atoms with E-state index in [0.29, 0.717) is 11.1 Å². The number of aromatic nitrogens is 2. The molecule has 0 saturated heterocycles. The zero-order valence-electron chi connectivity index (χ0n) is 18.9. The van der Waals surface area contributed by atoms with Gasteiger partial charge in [-0.25, -0.2) is 9.78 Å². The van der Waals surface area contributed by atoms with E-state index < -0.39 is 29.9 Å². The number of hydrogen-bond donors (Lipinski definition) is 0. The molecular formula is C25H16Cl2F3N3O4. The van der Waals surface area contributed by atoms with E-state index in [1.54, 1.807) is 18.2 Å². The molecule has 1 heterocycles. The van der Waals surface area contributed by atoms with Gasteiger partial charge in [-0.3, -0.25) is 4.79 Å². The SMILES string of the molecule is COC(=O)COc1c(Cl)cc(C=Nn2c(-c3cccc(C(F)(F)F)c3)nc3ccccc3c2=O)cc1Cl. The van der Waals surface area contributed by atoms with Crippen molar-refractivity contribution in [3.05, 3.63) is 92.2 Å². The van der Waals surface area contributed by atoms with E-state index in [0.717, 1.165) is 16.8 Å². The first-order valence-electron chi connectivity index (χ1n) is 10.5. The second-order valence-electron chi connectivity index (χ2n) is 7.57. The van der Waals surface area contributed by atoms with E-state index in [9.17, 15) is 22.8 Å². The third kappa shape index (κ3) is 5.76. The summed E-state index contributed by atoms with van der Waals surface area (Å²) in [5.74, 6) is -0.690. The van der Waals surface area contributed by atoms with Crippen LogP contribution >= 0.6 is 23.2 Å². The Kier molecular flexibility index (Phi) is 7.51. The van der Waals surface area contributed by atoms with Crippen molar-refractivity contribution in [3.8, 4) is 17.1 Å². The summed E-state index contributed by atoms with van der Waals surface area (Å²) in [6.07, 6.45) is -3.34. The quantitative estimate of drug-likeness (QED) is 0.223. The van der Waals surface area contributed by atoms with Crippen molar-refractivity contribution in [2.75, 3.05) is 13.7 Å². The largest absolute Gasteiger partial charge is 0.479 e. The van der Waals surface area contributed by atoms with Crippen LogP contribution < -0.4 is 10.3 Å². The number of carbonyl (C=O) groups is 1. The standard InChI is InChI=1S/C25H16Cl2F3N3O4/c1-36-21(34)13-37-22-18(26)9-14(10-19(22)27)12-31-33-23(15-5-4-6-16(11-15)25(28,29)30)32-20-8-3-2-7-17(20)24(33)35/h2-12H,13H2,1H3. The van der Waals surface area contributed by atoms with E-state index in [-0.39, 0.29) is 32.6 Å². The zero-order chi connectivity index (χ0) is 26.7. The Balaban J connectivity index is 1.81. The highest BCUT2D eigenvalue weighted by Crippen LogP contribution is 2.34. The molecule has 0 aliphatic heterocycles. The highest BCUT2D eigenvalue weighted by Gasteiger charge is 2.31. The molecule has 0 unspecified atom stereocenters. The molecule has 0 bridgehead atoms. The third-order valence-corrected chi connectivity index (χ3v) is 5.67. The van der Waals surface area contributed by atoms with E-state index in [2.05, 4.69) is 14.8 Å². The highest BCUT2D eigenvalue weighted by atomic mass is 35.5. The van der Waals surface area contributed by atoms with Gasteiger partial charge in [0.1, 0.15) is 0 Å². The molecule has 3 aromatic carbocycles. The maximum atomic E-state index is 13.3. The Hall–Kier alpha value is -3.89. The van der Waals surface area contributed by atoms with Gasteiger partial charge < -0.3 is 9.47 Å². The van der Waals surface area contributed by atoms with E-state index in [1.807, 2.05) is 0 Å². The number of rotatable bonds is 6. The van der Waals surface area contributed by atoms with Gasteiger partial charge in [-0.1, -0.05) is 47.5 Å². The molecule has 0 aliphatic rings. The van der Waals surface area contributed by atoms with Crippen LogP contribution in [0.2, 0.25) is 10.0 Å². The molecule has 0 N–H and O–H groups in total. The Bertz CT molecular complexity index is 1560. The molecule has 0 fully saturated rings. The van der Waals surface area contributed by atoms with Crippen molar-refractivity contribution in [3.63, 3.8) is 0 Å². The van der Waals surface area contributed by atoms with E-state index in [4.69, 9.17) is 27.9 Å². The van der Waals surface area contributed by atoms with Gasteiger partial charge >= 0.3 is 12.1 Å². The van der Waals surface area contributed by atoms with Gasteiger partial charge in [0.15, 0.2) is 18.2 Å². The van der Waals surface area contributed by atoms with Crippen LogP contribution in [-0.2, 0) is 15.7 Å². The van der Waals surface area contributed by atoms with Gasteiger partial charge in [-0.05, 0) is 42.0 Å². The number of ether oxygens (including phenoxy) is 2. The van der Waals surface area contributed by atoms with Crippen LogP contribution in [0.15, 0.2) is 70.6 Å². The fourth-order valence-electron chi connectivity index (χ4n) is 3.36. The predicted octanol–water partition coefficient (Wildman–Crippen LogP) is 5.82. The molecule has 190 valence electrons. The van der Waals surface area contributed by atoms with Crippen LogP contribution in [-0.4, -0.2) is 35.6 Å². The molecule has 0 saturated carbocycles. The van der Waals surface area contributed by atoms with Crippen LogP contribution in [0, 0.1) is 0 Å².